The largest absolute Gasteiger partial charge is 0.573 e. The fraction of sp³-hybridized carbons (Fsp3) is 0.364. The van der Waals surface area contributed by atoms with Crippen LogP contribution in [0.15, 0.2) is 18.2 Å². The second kappa shape index (κ2) is 6.41. The van der Waals surface area contributed by atoms with Gasteiger partial charge in [-0.15, -0.1) is 25.6 Å². The zero-order valence-corrected chi connectivity index (χ0v) is 11.4. The average molecular weight is 332 g/mol. The summed E-state index contributed by atoms with van der Waals surface area (Å²) in [7, 11) is 0. The molecule has 1 heterocycles. The van der Waals surface area contributed by atoms with Crippen molar-refractivity contribution in [2.75, 3.05) is 6.61 Å². The molecule has 1 aliphatic rings. The van der Waals surface area contributed by atoms with E-state index in [1.807, 2.05) is 0 Å². The second-order valence-corrected chi connectivity index (χ2v) is 4.27. The molecule has 2 rings (SSSR count). The molecule has 1 aromatic carbocycles. The van der Waals surface area contributed by atoms with Crippen molar-refractivity contribution in [2.24, 2.45) is 0 Å². The highest BCUT2D eigenvalue weighted by Gasteiger charge is 2.32. The third-order valence-electron chi connectivity index (χ3n) is 2.52. The number of benzene rings is 1. The molecule has 0 unspecified atom stereocenters. The zero-order chi connectivity index (χ0) is 14.0. The van der Waals surface area contributed by atoms with Gasteiger partial charge in [0.25, 0.3) is 0 Å². The first-order valence-corrected chi connectivity index (χ1v) is 5.71. The van der Waals surface area contributed by atoms with Gasteiger partial charge in [0.15, 0.2) is 0 Å². The summed E-state index contributed by atoms with van der Waals surface area (Å²) in [5.74, 6) is -0.476. The van der Waals surface area contributed by atoms with E-state index in [1.165, 1.54) is 12.1 Å². The molecule has 1 atom stereocenters. The van der Waals surface area contributed by atoms with Crippen LogP contribution in [-0.4, -0.2) is 19.1 Å². The van der Waals surface area contributed by atoms with Crippen LogP contribution in [0.5, 0.6) is 5.75 Å². The van der Waals surface area contributed by atoms with Crippen LogP contribution in [0, 0.1) is 0 Å². The molecular weight excluding hydrogens is 322 g/mol. The average Bonchev–Trinajstić information content (AvgIpc) is 2.30. The topological polar surface area (TPSA) is 47.6 Å². The van der Waals surface area contributed by atoms with Crippen molar-refractivity contribution in [1.82, 2.24) is 5.32 Å². The fourth-order valence-electron chi connectivity index (χ4n) is 1.72. The second-order valence-electron chi connectivity index (χ2n) is 3.86. The molecule has 112 valence electrons. The van der Waals surface area contributed by atoms with E-state index in [2.05, 4.69) is 10.1 Å². The first kappa shape index (κ1) is 16.7. The molecule has 20 heavy (non-hydrogen) atoms. The third kappa shape index (κ3) is 4.35. The van der Waals surface area contributed by atoms with Gasteiger partial charge in [-0.2, -0.15) is 0 Å². The molecule has 1 amide bonds. The minimum absolute atomic E-state index is 0. The molecule has 1 fully saturated rings. The van der Waals surface area contributed by atoms with Crippen molar-refractivity contribution in [2.45, 2.75) is 18.8 Å². The number of ether oxygens (including phenoxy) is 2. The summed E-state index contributed by atoms with van der Waals surface area (Å²) in [6, 6.07) is 3.54. The predicted octanol–water partition coefficient (Wildman–Crippen LogP) is 3.83. The Morgan fingerprint density at radius 2 is 2.10 bits per heavy atom. The number of halogens is 5. The Kier molecular flexibility index (Phi) is 5.35. The van der Waals surface area contributed by atoms with Gasteiger partial charge in [-0.3, -0.25) is 0 Å². The number of carbonyl (C=O) groups is 1. The van der Waals surface area contributed by atoms with Crippen molar-refractivity contribution in [3.05, 3.63) is 28.8 Å². The maximum atomic E-state index is 12.1. The van der Waals surface area contributed by atoms with E-state index in [4.69, 9.17) is 16.3 Å². The van der Waals surface area contributed by atoms with Crippen LogP contribution in [0.25, 0.3) is 0 Å². The highest BCUT2D eigenvalue weighted by atomic mass is 35.5. The van der Waals surface area contributed by atoms with Crippen LogP contribution >= 0.6 is 24.0 Å². The van der Waals surface area contributed by atoms with Gasteiger partial charge in [0, 0.05) is 6.42 Å². The summed E-state index contributed by atoms with van der Waals surface area (Å²) in [6.07, 6.45) is -4.84. The van der Waals surface area contributed by atoms with Crippen LogP contribution in [0.1, 0.15) is 18.0 Å². The van der Waals surface area contributed by atoms with E-state index >= 15 is 0 Å². The Bertz CT molecular complexity index is 496. The molecule has 4 nitrogen and oxygen atoms in total. The minimum atomic E-state index is -4.79. The van der Waals surface area contributed by atoms with E-state index in [9.17, 15) is 18.0 Å². The first-order chi connectivity index (χ1) is 8.85. The van der Waals surface area contributed by atoms with Gasteiger partial charge in [-0.1, -0.05) is 17.7 Å². The molecule has 0 aromatic heterocycles. The molecule has 1 N–H and O–H groups in total. The number of rotatable bonds is 2. The Morgan fingerprint density at radius 1 is 1.40 bits per heavy atom. The summed E-state index contributed by atoms with van der Waals surface area (Å²) >= 11 is 5.72. The van der Waals surface area contributed by atoms with E-state index < -0.39 is 18.2 Å². The SMILES string of the molecule is Cl.O=C1N[C@@H](c2ccc(OC(F)(F)F)c(Cl)c2)CCO1. The van der Waals surface area contributed by atoms with E-state index in [0.29, 0.717) is 12.0 Å². The van der Waals surface area contributed by atoms with Gasteiger partial charge in [-0.25, -0.2) is 4.79 Å². The molecule has 1 aromatic rings. The number of alkyl halides is 3. The first-order valence-electron chi connectivity index (χ1n) is 5.33. The molecule has 0 radical (unpaired) electrons. The van der Waals surface area contributed by atoms with E-state index in [0.717, 1.165) is 6.07 Å². The minimum Gasteiger partial charge on any atom is -0.449 e. The van der Waals surface area contributed by atoms with E-state index in [-0.39, 0.29) is 30.1 Å². The van der Waals surface area contributed by atoms with Crippen molar-refractivity contribution < 1.29 is 27.4 Å². The molecule has 1 aliphatic heterocycles. The quantitative estimate of drug-likeness (QED) is 0.895. The van der Waals surface area contributed by atoms with Crippen molar-refractivity contribution in [1.29, 1.82) is 0 Å². The van der Waals surface area contributed by atoms with Gasteiger partial charge in [-0.05, 0) is 17.7 Å². The molecule has 0 aliphatic carbocycles. The lowest BCUT2D eigenvalue weighted by atomic mass is 10.0. The maximum Gasteiger partial charge on any atom is 0.573 e. The highest BCUT2D eigenvalue weighted by Crippen LogP contribution is 2.33. The van der Waals surface area contributed by atoms with Crippen molar-refractivity contribution in [3.63, 3.8) is 0 Å². The summed E-state index contributed by atoms with van der Waals surface area (Å²) in [5.41, 5.74) is 0.594. The van der Waals surface area contributed by atoms with Crippen molar-refractivity contribution in [3.8, 4) is 5.75 Å². The Hall–Kier alpha value is -1.34. The predicted molar refractivity (Wildman–Crippen MR) is 67.2 cm³/mol. The number of alkyl carbamates (subject to hydrolysis) is 1. The Balaban J connectivity index is 0.00000200. The summed E-state index contributed by atoms with van der Waals surface area (Å²) in [4.78, 5) is 11.0. The lowest BCUT2D eigenvalue weighted by Crippen LogP contribution is -2.35. The fourth-order valence-corrected chi connectivity index (χ4v) is 1.94. The van der Waals surface area contributed by atoms with Gasteiger partial charge >= 0.3 is 12.5 Å². The van der Waals surface area contributed by atoms with Crippen LogP contribution < -0.4 is 10.1 Å². The Labute approximate surface area is 123 Å². The molecule has 0 bridgehead atoms. The third-order valence-corrected chi connectivity index (χ3v) is 2.81. The van der Waals surface area contributed by atoms with Gasteiger partial charge in [0.2, 0.25) is 0 Å². The maximum absolute atomic E-state index is 12.1. The van der Waals surface area contributed by atoms with Crippen molar-refractivity contribution >= 4 is 30.1 Å². The monoisotopic (exact) mass is 331 g/mol. The number of amides is 1. The summed E-state index contributed by atoms with van der Waals surface area (Å²) < 4.78 is 44.7. The number of cyclic esters (lactones) is 1. The highest BCUT2D eigenvalue weighted by molar-refractivity contribution is 6.32. The van der Waals surface area contributed by atoms with Gasteiger partial charge < -0.3 is 14.8 Å². The lowest BCUT2D eigenvalue weighted by Gasteiger charge is -2.24. The number of carbonyl (C=O) groups excluding carboxylic acids is 1. The smallest absolute Gasteiger partial charge is 0.449 e. The molecule has 1 saturated heterocycles. The van der Waals surface area contributed by atoms with Crippen LogP contribution in [0.3, 0.4) is 0 Å². The normalized spacial score (nSPS) is 18.6. The van der Waals surface area contributed by atoms with E-state index in [1.54, 1.807) is 0 Å². The molecular formula is C11H10Cl2F3NO3. The summed E-state index contributed by atoms with van der Waals surface area (Å²) in [6.45, 7) is 0.245. The summed E-state index contributed by atoms with van der Waals surface area (Å²) in [5, 5.41) is 2.37. The van der Waals surface area contributed by atoms with Crippen LogP contribution in [-0.2, 0) is 4.74 Å². The Morgan fingerprint density at radius 3 is 2.65 bits per heavy atom. The lowest BCUT2D eigenvalue weighted by molar-refractivity contribution is -0.274. The molecule has 0 spiro atoms. The number of hydrogen-bond acceptors (Lipinski definition) is 3. The van der Waals surface area contributed by atoms with Gasteiger partial charge in [0.05, 0.1) is 17.7 Å². The molecule has 0 saturated carbocycles. The number of hydrogen-bond donors (Lipinski definition) is 1. The van der Waals surface area contributed by atoms with Gasteiger partial charge in [0.1, 0.15) is 5.75 Å². The number of nitrogens with one attached hydrogen (secondary N) is 1. The molecule has 9 heteroatoms. The zero-order valence-electron chi connectivity index (χ0n) is 9.87. The van der Waals surface area contributed by atoms with Crippen LogP contribution in [0.4, 0.5) is 18.0 Å². The van der Waals surface area contributed by atoms with Crippen LogP contribution in [0.2, 0.25) is 5.02 Å². The standard InChI is InChI=1S/C11H9ClF3NO3.ClH/c12-7-5-6(8-3-4-18-10(17)16-8)1-2-9(7)19-11(13,14)15;/h1-2,5,8H,3-4H2,(H,16,17);1H/t8-;/m1./s1.